The van der Waals surface area contributed by atoms with Crippen molar-refractivity contribution < 1.29 is 48.0 Å². The summed E-state index contributed by atoms with van der Waals surface area (Å²) in [5.41, 5.74) is 4.24. The predicted octanol–water partition coefficient (Wildman–Crippen LogP) is 2.49. The molecule has 0 spiro atoms. The molecule has 3 aliphatic heterocycles. The van der Waals surface area contributed by atoms with Crippen LogP contribution in [0, 0.1) is 0 Å². The van der Waals surface area contributed by atoms with Crippen molar-refractivity contribution in [3.05, 3.63) is 44.9 Å². The Morgan fingerprint density at radius 2 is 1.64 bits per heavy atom. The number of rotatable bonds is 23. The molecule has 1 aromatic heterocycles. The van der Waals surface area contributed by atoms with Gasteiger partial charge in [-0.15, -0.1) is 0 Å². The maximum Gasteiger partial charge on any atom is 0.330 e. The third kappa shape index (κ3) is 13.3. The molecule has 0 aliphatic carbocycles. The second-order valence-electron chi connectivity index (χ2n) is 14.8. The largest absolute Gasteiger partial charge is 0.457 e. The summed E-state index contributed by atoms with van der Waals surface area (Å²) < 4.78 is 30.3. The number of primary amides is 1. The first-order chi connectivity index (χ1) is 27.0. The molecular formula is C39H61N5O12. The summed E-state index contributed by atoms with van der Waals surface area (Å²) in [5, 5.41) is 16.2. The number of hydrogen-bond donors (Lipinski definition) is 5. The van der Waals surface area contributed by atoms with E-state index >= 15 is 0 Å². The molecule has 0 aromatic carbocycles. The number of nitrogens with zero attached hydrogens (tertiary/aromatic N) is 1. The van der Waals surface area contributed by atoms with Crippen LogP contribution in [0.15, 0.2) is 33.7 Å². The molecule has 0 bridgehead atoms. The van der Waals surface area contributed by atoms with E-state index in [1.807, 2.05) is 0 Å². The fraction of sp³-hybridized carbons (Fsp3) is 0.744. The first-order valence-electron chi connectivity index (χ1n) is 20.3. The maximum atomic E-state index is 13.2. The van der Waals surface area contributed by atoms with E-state index in [0.29, 0.717) is 19.4 Å². The average molecular weight is 792 g/mol. The molecule has 3 amide bonds. The lowest BCUT2D eigenvalue weighted by molar-refractivity contribution is -0.228. The van der Waals surface area contributed by atoms with Crippen molar-refractivity contribution in [3.8, 4) is 0 Å². The van der Waals surface area contributed by atoms with Crippen molar-refractivity contribution in [2.24, 2.45) is 5.73 Å². The van der Waals surface area contributed by atoms with E-state index in [1.54, 1.807) is 0 Å². The van der Waals surface area contributed by atoms with Crippen LogP contribution < -0.4 is 27.6 Å². The van der Waals surface area contributed by atoms with Gasteiger partial charge in [0.25, 0.3) is 11.5 Å². The van der Waals surface area contributed by atoms with E-state index in [-0.39, 0.29) is 24.5 Å². The Morgan fingerprint density at radius 1 is 0.982 bits per heavy atom. The van der Waals surface area contributed by atoms with E-state index in [0.717, 1.165) is 55.4 Å². The van der Waals surface area contributed by atoms with Crippen LogP contribution in [-0.4, -0.2) is 94.9 Å². The first-order valence-corrected chi connectivity index (χ1v) is 20.3. The number of unbranched alkanes of at least 4 members (excludes halogenated alkanes) is 12. The number of aliphatic hydroxyl groups is 1. The fourth-order valence-electron chi connectivity index (χ4n) is 7.26. The lowest BCUT2D eigenvalue weighted by atomic mass is 10.0. The van der Waals surface area contributed by atoms with Crippen molar-refractivity contribution >= 4 is 23.7 Å². The molecular weight excluding hydrogens is 730 g/mol. The van der Waals surface area contributed by atoms with Gasteiger partial charge in [0.15, 0.2) is 24.2 Å². The average Bonchev–Trinajstić information content (AvgIpc) is 3.38. The summed E-state index contributed by atoms with van der Waals surface area (Å²) in [7, 11) is 1.28. The molecule has 2 saturated heterocycles. The Hall–Kier alpha value is -4.06. The van der Waals surface area contributed by atoms with Crippen molar-refractivity contribution in [1.82, 2.24) is 20.2 Å². The van der Waals surface area contributed by atoms with Gasteiger partial charge in [0.1, 0.15) is 24.4 Å². The first kappa shape index (κ1) is 44.7. The highest BCUT2D eigenvalue weighted by atomic mass is 16.7. The molecule has 1 aromatic rings. The summed E-state index contributed by atoms with van der Waals surface area (Å²) in [6, 6.07) is 0.295. The summed E-state index contributed by atoms with van der Waals surface area (Å²) in [6.07, 6.45) is 9.21. The second-order valence-corrected chi connectivity index (χ2v) is 14.8. The van der Waals surface area contributed by atoms with Crippen molar-refractivity contribution in [2.75, 3.05) is 13.7 Å². The SMILES string of the molecule is CCCCCCCCCCCCCCCC(=O)O[C@@H]1[C@H](OC)[C@@H]([C@@H](O[C@H]2OC(C(=O)N[C@H]3CCCCNC3=O)=CC[C@@H]2O)C(N)=O)O[C@H]1n1ccc(=O)[nH]c1=O. The Kier molecular flexibility index (Phi) is 18.5. The third-order valence-electron chi connectivity index (χ3n) is 10.4. The van der Waals surface area contributed by atoms with Gasteiger partial charge in [-0.3, -0.25) is 33.5 Å². The van der Waals surface area contributed by atoms with Crippen LogP contribution in [-0.2, 0) is 42.9 Å². The van der Waals surface area contributed by atoms with Crippen LogP contribution in [0.3, 0.4) is 0 Å². The monoisotopic (exact) mass is 791 g/mol. The number of aromatic nitrogens is 2. The van der Waals surface area contributed by atoms with Crippen LogP contribution >= 0.6 is 0 Å². The molecule has 3 aliphatic rings. The number of aliphatic hydroxyl groups excluding tert-OH is 1. The summed E-state index contributed by atoms with van der Waals surface area (Å²) in [6.45, 7) is 2.73. The maximum absolute atomic E-state index is 13.2. The van der Waals surface area contributed by atoms with Gasteiger partial charge in [-0.25, -0.2) is 4.79 Å². The normalized spacial score (nSPS) is 25.7. The van der Waals surface area contributed by atoms with Gasteiger partial charge in [0, 0.05) is 38.8 Å². The zero-order valence-corrected chi connectivity index (χ0v) is 32.7. The molecule has 4 rings (SSSR count). The third-order valence-corrected chi connectivity index (χ3v) is 10.4. The fourth-order valence-corrected chi connectivity index (χ4v) is 7.26. The highest BCUT2D eigenvalue weighted by Crippen LogP contribution is 2.36. The summed E-state index contributed by atoms with van der Waals surface area (Å²) >= 11 is 0. The zero-order chi connectivity index (χ0) is 40.5. The number of ether oxygens (including phenoxy) is 5. The van der Waals surface area contributed by atoms with Crippen molar-refractivity contribution in [2.45, 2.75) is 172 Å². The molecule has 0 saturated carbocycles. The van der Waals surface area contributed by atoms with Gasteiger partial charge in [0.05, 0.1) is 0 Å². The summed E-state index contributed by atoms with van der Waals surface area (Å²) in [5.74, 6) is -2.95. The van der Waals surface area contributed by atoms with Gasteiger partial charge >= 0.3 is 11.7 Å². The van der Waals surface area contributed by atoms with Crippen LogP contribution in [0.25, 0.3) is 0 Å². The number of esters is 1. The highest BCUT2D eigenvalue weighted by Gasteiger charge is 2.54. The summed E-state index contributed by atoms with van der Waals surface area (Å²) in [4.78, 5) is 78.6. The van der Waals surface area contributed by atoms with Crippen LogP contribution in [0.4, 0.5) is 0 Å². The molecule has 2 fully saturated rings. The number of amides is 3. The second kappa shape index (κ2) is 23.2. The number of hydrogen-bond acceptors (Lipinski definition) is 12. The van der Waals surface area contributed by atoms with Crippen LogP contribution in [0.2, 0.25) is 0 Å². The number of nitrogens with two attached hydrogens (primary N) is 1. The topological polar surface area (TPSA) is 240 Å². The lowest BCUT2D eigenvalue weighted by Crippen LogP contribution is -2.52. The van der Waals surface area contributed by atoms with Crippen LogP contribution in [0.1, 0.15) is 129 Å². The van der Waals surface area contributed by atoms with E-state index in [1.165, 1.54) is 64.6 Å². The van der Waals surface area contributed by atoms with Gasteiger partial charge < -0.3 is 45.2 Å². The number of carbonyl (C=O) groups excluding carboxylic acids is 4. The van der Waals surface area contributed by atoms with Crippen LogP contribution in [0.5, 0.6) is 0 Å². The Bertz CT molecular complexity index is 1580. The number of H-pyrrole nitrogens is 1. The van der Waals surface area contributed by atoms with Gasteiger partial charge in [-0.1, -0.05) is 84.0 Å². The molecule has 6 N–H and O–H groups in total. The lowest BCUT2D eigenvalue weighted by Gasteiger charge is -2.33. The zero-order valence-electron chi connectivity index (χ0n) is 32.7. The number of nitrogens with one attached hydrogen (secondary N) is 3. The minimum absolute atomic E-state index is 0.0835. The van der Waals surface area contributed by atoms with Gasteiger partial charge in [-0.05, 0) is 31.8 Å². The van der Waals surface area contributed by atoms with Crippen molar-refractivity contribution in [1.29, 1.82) is 0 Å². The molecule has 0 unspecified atom stereocenters. The number of aromatic amines is 1. The van der Waals surface area contributed by atoms with Gasteiger partial charge in [-0.2, -0.15) is 0 Å². The minimum Gasteiger partial charge on any atom is -0.457 e. The highest BCUT2D eigenvalue weighted by molar-refractivity contribution is 5.95. The Balaban J connectivity index is 1.38. The van der Waals surface area contributed by atoms with Gasteiger partial charge in [0.2, 0.25) is 18.1 Å². The Morgan fingerprint density at radius 3 is 2.27 bits per heavy atom. The van der Waals surface area contributed by atoms with E-state index in [4.69, 9.17) is 29.4 Å². The molecule has 4 heterocycles. The van der Waals surface area contributed by atoms with Crippen molar-refractivity contribution in [3.63, 3.8) is 0 Å². The molecule has 17 heteroatoms. The molecule has 17 nitrogen and oxygen atoms in total. The molecule has 314 valence electrons. The number of carbonyl (C=O) groups is 4. The van der Waals surface area contributed by atoms with E-state index in [9.17, 15) is 33.9 Å². The smallest absolute Gasteiger partial charge is 0.330 e. The quantitative estimate of drug-likeness (QED) is 0.0794. The van der Waals surface area contributed by atoms with E-state index < -0.39 is 78.1 Å². The molecule has 8 atom stereocenters. The predicted molar refractivity (Wildman–Crippen MR) is 203 cm³/mol. The number of methoxy groups -OCH3 is 1. The Labute approximate surface area is 327 Å². The molecule has 0 radical (unpaired) electrons. The molecule has 56 heavy (non-hydrogen) atoms. The van der Waals surface area contributed by atoms with E-state index in [2.05, 4.69) is 22.5 Å². The standard InChI is InChI=1S/C39H61N5O12/c1-3-4-5-6-7-8-9-10-11-12-13-14-15-19-29(47)54-33-30(52-2)31(55-37(33)44-24-22-28(46)43-39(44)51)32(34(40)48)56-38-26(45)20-21-27(53-38)36(50)42-25-18-16-17-23-41-35(25)49/h21-22,24-26,30-33,37-38,45H,3-20,23H2,1-2H3,(H2,40,48)(H,41,49)(H,42,50)(H,43,46,51)/t25-,26-,30+,31-,32+,33+,37+,38+/m0/s1. The minimum atomic E-state index is -1.72.